The molecular formula is C8H6ClNO4. The smallest absolute Gasteiger partial charge is 0.341 e. The molecule has 0 fully saturated rings. The average Bonchev–Trinajstić information content (AvgIpc) is 2.52. The number of nitrogens with two attached hydrogens (primary N) is 1. The van der Waals surface area contributed by atoms with E-state index in [2.05, 4.69) is 0 Å². The third kappa shape index (κ3) is 1.13. The Bertz CT molecular complexity index is 418. The van der Waals surface area contributed by atoms with Gasteiger partial charge in [-0.05, 0) is 0 Å². The van der Waals surface area contributed by atoms with Gasteiger partial charge in [-0.1, -0.05) is 11.6 Å². The number of hydrogen-bond acceptors (Lipinski definition) is 4. The van der Waals surface area contributed by atoms with Crippen molar-refractivity contribution in [2.24, 2.45) is 0 Å². The lowest BCUT2D eigenvalue weighted by atomic mass is 10.1. The van der Waals surface area contributed by atoms with Crippen LogP contribution in [0.5, 0.6) is 11.5 Å². The normalized spacial score (nSPS) is 12.9. The zero-order chi connectivity index (χ0) is 10.3. The van der Waals surface area contributed by atoms with E-state index in [4.69, 9.17) is 31.9 Å². The van der Waals surface area contributed by atoms with Crippen molar-refractivity contribution in [1.82, 2.24) is 0 Å². The van der Waals surface area contributed by atoms with Crippen LogP contribution in [0.3, 0.4) is 0 Å². The van der Waals surface area contributed by atoms with Crippen molar-refractivity contribution in [3.8, 4) is 11.5 Å². The molecule has 0 aliphatic carbocycles. The van der Waals surface area contributed by atoms with Crippen molar-refractivity contribution in [2.45, 2.75) is 0 Å². The molecule has 1 aliphatic heterocycles. The van der Waals surface area contributed by atoms with E-state index in [0.29, 0.717) is 5.75 Å². The first-order chi connectivity index (χ1) is 6.61. The molecular weight excluding hydrogens is 210 g/mol. The quantitative estimate of drug-likeness (QED) is 0.691. The van der Waals surface area contributed by atoms with Crippen LogP contribution < -0.4 is 15.2 Å². The van der Waals surface area contributed by atoms with Gasteiger partial charge in [0.15, 0.2) is 11.5 Å². The Labute approximate surface area is 84.0 Å². The standard InChI is InChI=1S/C8H6ClNO4/c9-6-3(10)1-4-7(14-2-13-4)5(6)8(11)12/h1H,2,10H2,(H,11,12). The molecule has 0 saturated heterocycles. The summed E-state index contributed by atoms with van der Waals surface area (Å²) in [6.45, 7) is -0.0185. The number of benzene rings is 1. The SMILES string of the molecule is Nc1cc2c(c(C(=O)O)c1Cl)OCO2. The first kappa shape index (κ1) is 8.96. The van der Waals surface area contributed by atoms with Crippen LogP contribution in [0.1, 0.15) is 10.4 Å². The number of carboxylic acid groups (broad SMARTS) is 1. The summed E-state index contributed by atoms with van der Waals surface area (Å²) in [5, 5.41) is 8.85. The fourth-order valence-electron chi connectivity index (χ4n) is 1.23. The second-order valence-corrected chi connectivity index (χ2v) is 3.07. The first-order valence-electron chi connectivity index (χ1n) is 3.72. The highest BCUT2D eigenvalue weighted by Crippen LogP contribution is 2.42. The molecule has 74 valence electrons. The first-order valence-corrected chi connectivity index (χ1v) is 4.10. The van der Waals surface area contributed by atoms with Crippen molar-refractivity contribution in [3.05, 3.63) is 16.7 Å². The predicted molar refractivity (Wildman–Crippen MR) is 48.9 cm³/mol. The van der Waals surface area contributed by atoms with E-state index in [9.17, 15) is 4.79 Å². The van der Waals surface area contributed by atoms with Crippen LogP contribution >= 0.6 is 11.6 Å². The summed E-state index contributed by atoms with van der Waals surface area (Å²) in [7, 11) is 0. The van der Waals surface area contributed by atoms with Gasteiger partial charge in [-0.15, -0.1) is 0 Å². The molecule has 1 heterocycles. The lowest BCUT2D eigenvalue weighted by Crippen LogP contribution is -2.02. The highest BCUT2D eigenvalue weighted by atomic mass is 35.5. The molecule has 2 rings (SSSR count). The second kappa shape index (κ2) is 2.95. The minimum Gasteiger partial charge on any atom is -0.477 e. The number of anilines is 1. The number of hydrogen-bond donors (Lipinski definition) is 2. The molecule has 0 unspecified atom stereocenters. The second-order valence-electron chi connectivity index (χ2n) is 2.69. The van der Waals surface area contributed by atoms with Gasteiger partial charge in [0.2, 0.25) is 6.79 Å². The molecule has 3 N–H and O–H groups in total. The maximum absolute atomic E-state index is 10.9. The summed E-state index contributed by atoms with van der Waals surface area (Å²) < 4.78 is 9.98. The van der Waals surface area contributed by atoms with E-state index >= 15 is 0 Å². The third-order valence-corrected chi connectivity index (χ3v) is 2.25. The topological polar surface area (TPSA) is 81.8 Å². The maximum Gasteiger partial charge on any atom is 0.341 e. The molecule has 0 bridgehead atoms. The van der Waals surface area contributed by atoms with Gasteiger partial charge in [0.05, 0.1) is 10.7 Å². The van der Waals surface area contributed by atoms with Gasteiger partial charge in [0.1, 0.15) is 5.56 Å². The van der Waals surface area contributed by atoms with Gasteiger partial charge in [-0.25, -0.2) is 4.79 Å². The Hall–Kier alpha value is -1.62. The minimum absolute atomic E-state index is 0.0185. The summed E-state index contributed by atoms with van der Waals surface area (Å²) in [4.78, 5) is 10.9. The van der Waals surface area contributed by atoms with Crippen molar-refractivity contribution < 1.29 is 19.4 Å². The molecule has 1 aromatic rings. The predicted octanol–water partition coefficient (Wildman–Crippen LogP) is 1.35. The number of nitrogen functional groups attached to an aromatic ring is 1. The lowest BCUT2D eigenvalue weighted by molar-refractivity contribution is 0.0692. The van der Waals surface area contributed by atoms with Gasteiger partial charge in [0, 0.05) is 6.07 Å². The molecule has 0 amide bonds. The summed E-state index contributed by atoms with van der Waals surface area (Å²) in [5.74, 6) is -0.745. The fourth-order valence-corrected chi connectivity index (χ4v) is 1.45. The highest BCUT2D eigenvalue weighted by Gasteiger charge is 2.26. The van der Waals surface area contributed by atoms with Gasteiger partial charge >= 0.3 is 5.97 Å². The molecule has 0 spiro atoms. The Balaban J connectivity index is 2.72. The van der Waals surface area contributed by atoms with Crippen molar-refractivity contribution in [1.29, 1.82) is 0 Å². The number of ether oxygens (including phenoxy) is 2. The molecule has 0 radical (unpaired) electrons. The number of carbonyl (C=O) groups is 1. The summed E-state index contributed by atoms with van der Waals surface area (Å²) >= 11 is 5.73. The molecule has 0 atom stereocenters. The highest BCUT2D eigenvalue weighted by molar-refractivity contribution is 6.36. The number of halogens is 1. The van der Waals surface area contributed by atoms with Crippen LogP contribution in [0.2, 0.25) is 5.02 Å². The summed E-state index contributed by atoms with van der Waals surface area (Å²) in [6.07, 6.45) is 0. The zero-order valence-corrected chi connectivity index (χ0v) is 7.67. The van der Waals surface area contributed by atoms with Crippen LogP contribution in [0.4, 0.5) is 5.69 Å². The van der Waals surface area contributed by atoms with Crippen LogP contribution in [0.25, 0.3) is 0 Å². The van der Waals surface area contributed by atoms with Crippen LogP contribution in [-0.2, 0) is 0 Å². The average molecular weight is 216 g/mol. The van der Waals surface area contributed by atoms with Gasteiger partial charge in [-0.3, -0.25) is 0 Å². The van der Waals surface area contributed by atoms with Gasteiger partial charge < -0.3 is 20.3 Å². The van der Waals surface area contributed by atoms with Crippen LogP contribution in [0, 0.1) is 0 Å². The Morgan fingerprint density at radius 3 is 2.93 bits per heavy atom. The molecule has 1 aromatic carbocycles. The number of aromatic carboxylic acids is 1. The molecule has 6 heteroatoms. The monoisotopic (exact) mass is 215 g/mol. The third-order valence-electron chi connectivity index (χ3n) is 1.84. The molecule has 5 nitrogen and oxygen atoms in total. The Morgan fingerprint density at radius 2 is 2.29 bits per heavy atom. The van der Waals surface area contributed by atoms with E-state index in [0.717, 1.165) is 0 Å². The van der Waals surface area contributed by atoms with Crippen molar-refractivity contribution in [3.63, 3.8) is 0 Å². The minimum atomic E-state index is -1.19. The zero-order valence-electron chi connectivity index (χ0n) is 6.91. The maximum atomic E-state index is 10.9. The largest absolute Gasteiger partial charge is 0.477 e. The number of rotatable bonds is 1. The Morgan fingerprint density at radius 1 is 1.57 bits per heavy atom. The molecule has 14 heavy (non-hydrogen) atoms. The van der Waals surface area contributed by atoms with E-state index in [-0.39, 0.29) is 28.8 Å². The Kier molecular flexibility index (Phi) is 1.89. The number of carboxylic acids is 1. The van der Waals surface area contributed by atoms with E-state index in [1.165, 1.54) is 6.07 Å². The molecule has 0 aromatic heterocycles. The molecule has 0 saturated carbocycles. The lowest BCUT2D eigenvalue weighted by Gasteiger charge is -2.05. The van der Waals surface area contributed by atoms with Gasteiger partial charge in [-0.2, -0.15) is 0 Å². The molecule has 1 aliphatic rings. The van der Waals surface area contributed by atoms with Gasteiger partial charge in [0.25, 0.3) is 0 Å². The fraction of sp³-hybridized carbons (Fsp3) is 0.125. The van der Waals surface area contributed by atoms with E-state index < -0.39 is 5.97 Å². The number of fused-ring (bicyclic) bond motifs is 1. The van der Waals surface area contributed by atoms with Crippen LogP contribution in [0.15, 0.2) is 6.07 Å². The summed E-state index contributed by atoms with van der Waals surface area (Å²) in [6, 6.07) is 1.44. The van der Waals surface area contributed by atoms with Crippen LogP contribution in [-0.4, -0.2) is 17.9 Å². The summed E-state index contributed by atoms with van der Waals surface area (Å²) in [5.41, 5.74) is 5.51. The van der Waals surface area contributed by atoms with Crippen molar-refractivity contribution >= 4 is 23.3 Å². The van der Waals surface area contributed by atoms with Crippen molar-refractivity contribution in [2.75, 3.05) is 12.5 Å². The van der Waals surface area contributed by atoms with E-state index in [1.807, 2.05) is 0 Å². The van der Waals surface area contributed by atoms with E-state index in [1.54, 1.807) is 0 Å².